The van der Waals surface area contributed by atoms with Crippen molar-refractivity contribution in [3.63, 3.8) is 0 Å². The van der Waals surface area contributed by atoms with Crippen LogP contribution in [-0.4, -0.2) is 18.1 Å². The van der Waals surface area contributed by atoms with Crippen molar-refractivity contribution >= 4 is 5.82 Å². The lowest BCUT2D eigenvalue weighted by atomic mass is 10.1. The van der Waals surface area contributed by atoms with E-state index in [0.717, 1.165) is 11.7 Å². The topological polar surface area (TPSA) is 42.2 Å². The highest BCUT2D eigenvalue weighted by molar-refractivity contribution is 5.50. The van der Waals surface area contributed by atoms with Gasteiger partial charge in [0.1, 0.15) is 5.82 Å². The van der Waals surface area contributed by atoms with Crippen LogP contribution in [-0.2, 0) is 6.54 Å². The Bertz CT molecular complexity index is 371. The molecule has 1 unspecified atom stereocenters. The van der Waals surface area contributed by atoms with Crippen LogP contribution in [0.1, 0.15) is 30.9 Å². The number of nitrogens with two attached hydrogens (primary N) is 1. The van der Waals surface area contributed by atoms with Gasteiger partial charge < -0.3 is 10.6 Å². The van der Waals surface area contributed by atoms with E-state index in [0.29, 0.717) is 12.6 Å². The first kappa shape index (κ1) is 11.4. The second-order valence-electron chi connectivity index (χ2n) is 4.82. The Labute approximate surface area is 97.7 Å². The van der Waals surface area contributed by atoms with Crippen molar-refractivity contribution in [3.05, 3.63) is 23.4 Å². The molecule has 2 rings (SSSR count). The molecule has 2 N–H and O–H groups in total. The normalized spacial score (nSPS) is 17.2. The summed E-state index contributed by atoms with van der Waals surface area (Å²) >= 11 is 0. The minimum absolute atomic E-state index is 0.566. The zero-order valence-electron chi connectivity index (χ0n) is 10.4. The monoisotopic (exact) mass is 219 g/mol. The highest BCUT2D eigenvalue weighted by atomic mass is 15.2. The van der Waals surface area contributed by atoms with Crippen LogP contribution in [0.25, 0.3) is 0 Å². The smallest absolute Gasteiger partial charge is 0.133 e. The van der Waals surface area contributed by atoms with Gasteiger partial charge in [0.2, 0.25) is 0 Å². The maximum absolute atomic E-state index is 5.81. The number of aromatic nitrogens is 1. The van der Waals surface area contributed by atoms with Crippen LogP contribution in [0, 0.1) is 12.8 Å². The maximum Gasteiger partial charge on any atom is 0.133 e. The van der Waals surface area contributed by atoms with Gasteiger partial charge in [-0.05, 0) is 44.2 Å². The van der Waals surface area contributed by atoms with Gasteiger partial charge in [0.15, 0.2) is 0 Å². The summed E-state index contributed by atoms with van der Waals surface area (Å²) in [6.07, 6.45) is 4.59. The summed E-state index contributed by atoms with van der Waals surface area (Å²) in [6, 6.07) is 2.60. The first-order valence-corrected chi connectivity index (χ1v) is 6.02. The van der Waals surface area contributed by atoms with E-state index >= 15 is 0 Å². The predicted octanol–water partition coefficient (Wildman–Crippen LogP) is 2.08. The van der Waals surface area contributed by atoms with Crippen LogP contribution in [0.15, 0.2) is 12.3 Å². The minimum atomic E-state index is 0.566. The van der Waals surface area contributed by atoms with Crippen LogP contribution < -0.4 is 10.6 Å². The Morgan fingerprint density at radius 3 is 2.81 bits per heavy atom. The number of anilines is 1. The van der Waals surface area contributed by atoms with Crippen LogP contribution in [0.3, 0.4) is 0 Å². The molecule has 1 saturated carbocycles. The van der Waals surface area contributed by atoms with E-state index < -0.39 is 0 Å². The van der Waals surface area contributed by atoms with Crippen LogP contribution in [0.2, 0.25) is 0 Å². The highest BCUT2D eigenvalue weighted by Crippen LogP contribution is 2.36. The van der Waals surface area contributed by atoms with Gasteiger partial charge in [-0.3, -0.25) is 0 Å². The molecule has 0 bridgehead atoms. The highest BCUT2D eigenvalue weighted by Gasteiger charge is 2.31. The van der Waals surface area contributed by atoms with Gasteiger partial charge >= 0.3 is 0 Å². The molecule has 1 atom stereocenters. The van der Waals surface area contributed by atoms with Crippen molar-refractivity contribution in [3.8, 4) is 0 Å². The second-order valence-corrected chi connectivity index (χ2v) is 4.82. The number of nitrogens with zero attached hydrogens (tertiary/aromatic N) is 2. The molecule has 16 heavy (non-hydrogen) atoms. The van der Waals surface area contributed by atoms with E-state index in [-0.39, 0.29) is 0 Å². The van der Waals surface area contributed by atoms with Crippen LogP contribution >= 0.6 is 0 Å². The molecule has 0 aliphatic heterocycles. The Morgan fingerprint density at radius 1 is 1.56 bits per heavy atom. The molecular formula is C13H21N3. The molecule has 1 aliphatic rings. The van der Waals surface area contributed by atoms with Crippen LogP contribution in [0.5, 0.6) is 0 Å². The molecule has 1 aromatic heterocycles. The van der Waals surface area contributed by atoms with E-state index in [2.05, 4.69) is 30.8 Å². The summed E-state index contributed by atoms with van der Waals surface area (Å²) in [5, 5.41) is 0. The molecule has 3 nitrogen and oxygen atoms in total. The van der Waals surface area contributed by atoms with Gasteiger partial charge in [0.05, 0.1) is 0 Å². The summed E-state index contributed by atoms with van der Waals surface area (Å²) in [4.78, 5) is 6.77. The van der Waals surface area contributed by atoms with E-state index in [1.54, 1.807) is 0 Å². The molecule has 0 spiro atoms. The summed E-state index contributed by atoms with van der Waals surface area (Å²) in [7, 11) is 2.13. The molecule has 1 aromatic rings. The fraction of sp³-hybridized carbons (Fsp3) is 0.615. The van der Waals surface area contributed by atoms with Crippen LogP contribution in [0.4, 0.5) is 5.82 Å². The third kappa shape index (κ3) is 2.05. The number of rotatable bonds is 4. The number of pyridine rings is 1. The van der Waals surface area contributed by atoms with E-state index in [9.17, 15) is 0 Å². The number of aryl methyl sites for hydroxylation is 1. The summed E-state index contributed by atoms with van der Waals surface area (Å²) < 4.78 is 0. The van der Waals surface area contributed by atoms with Crippen molar-refractivity contribution in [2.45, 2.75) is 39.3 Å². The number of hydrogen-bond acceptors (Lipinski definition) is 3. The molecule has 0 aromatic carbocycles. The van der Waals surface area contributed by atoms with Crippen molar-refractivity contribution in [2.75, 3.05) is 11.9 Å². The zero-order chi connectivity index (χ0) is 11.7. The molecule has 0 amide bonds. The second kappa shape index (κ2) is 4.42. The van der Waals surface area contributed by atoms with Gasteiger partial charge in [0.25, 0.3) is 0 Å². The third-order valence-electron chi connectivity index (χ3n) is 3.72. The first-order chi connectivity index (χ1) is 7.65. The van der Waals surface area contributed by atoms with Crippen molar-refractivity contribution < 1.29 is 0 Å². The van der Waals surface area contributed by atoms with E-state index in [4.69, 9.17) is 5.73 Å². The SMILES string of the molecule is Cc1ccnc(N(C)C(C)C2CC2)c1CN. The first-order valence-electron chi connectivity index (χ1n) is 6.02. The third-order valence-corrected chi connectivity index (χ3v) is 3.72. The lowest BCUT2D eigenvalue weighted by Gasteiger charge is -2.28. The van der Waals surface area contributed by atoms with Gasteiger partial charge in [-0.1, -0.05) is 0 Å². The molecule has 0 radical (unpaired) electrons. The molecule has 3 heteroatoms. The van der Waals surface area contributed by atoms with Gasteiger partial charge in [-0.2, -0.15) is 0 Å². The quantitative estimate of drug-likeness (QED) is 0.843. The maximum atomic E-state index is 5.81. The molecule has 1 heterocycles. The Morgan fingerprint density at radius 2 is 2.25 bits per heavy atom. The van der Waals surface area contributed by atoms with Gasteiger partial charge in [0, 0.05) is 31.4 Å². The Hall–Kier alpha value is -1.09. The fourth-order valence-corrected chi connectivity index (χ4v) is 2.22. The Kier molecular flexibility index (Phi) is 3.15. The standard InChI is InChI=1S/C13H21N3/c1-9-6-7-15-13(12(9)8-14)16(3)10(2)11-4-5-11/h6-7,10-11H,4-5,8,14H2,1-3H3. The molecule has 0 saturated heterocycles. The van der Waals surface area contributed by atoms with Crippen molar-refractivity contribution in [2.24, 2.45) is 11.7 Å². The lowest BCUT2D eigenvalue weighted by molar-refractivity contribution is 0.601. The summed E-state index contributed by atoms with van der Waals surface area (Å²) in [5.41, 5.74) is 8.23. The molecule has 88 valence electrons. The minimum Gasteiger partial charge on any atom is -0.356 e. The van der Waals surface area contributed by atoms with Gasteiger partial charge in [-0.25, -0.2) is 4.98 Å². The Balaban J connectivity index is 2.27. The lowest BCUT2D eigenvalue weighted by Crippen LogP contribution is -2.32. The molecule has 1 fully saturated rings. The van der Waals surface area contributed by atoms with Crippen molar-refractivity contribution in [1.82, 2.24) is 4.98 Å². The average Bonchev–Trinajstić information content (AvgIpc) is 3.10. The molecule has 1 aliphatic carbocycles. The molecular weight excluding hydrogens is 198 g/mol. The van der Waals surface area contributed by atoms with Crippen molar-refractivity contribution in [1.29, 1.82) is 0 Å². The average molecular weight is 219 g/mol. The largest absolute Gasteiger partial charge is 0.356 e. The van der Waals surface area contributed by atoms with E-state index in [1.165, 1.54) is 24.0 Å². The fourth-order valence-electron chi connectivity index (χ4n) is 2.22. The summed E-state index contributed by atoms with van der Waals surface area (Å²) in [6.45, 7) is 4.95. The van der Waals surface area contributed by atoms with E-state index in [1.807, 2.05) is 12.3 Å². The number of hydrogen-bond donors (Lipinski definition) is 1. The summed E-state index contributed by atoms with van der Waals surface area (Å²) in [5.74, 6) is 1.90. The van der Waals surface area contributed by atoms with Gasteiger partial charge in [-0.15, -0.1) is 0 Å². The predicted molar refractivity (Wildman–Crippen MR) is 67.5 cm³/mol. The zero-order valence-corrected chi connectivity index (χ0v) is 10.4.